The summed E-state index contributed by atoms with van der Waals surface area (Å²) in [6.07, 6.45) is 0.978. The second-order valence-electron chi connectivity index (χ2n) is 6.33. The average Bonchev–Trinajstić information content (AvgIpc) is 3.39. The zero-order valence-corrected chi connectivity index (χ0v) is 16.5. The third kappa shape index (κ3) is 4.17. The van der Waals surface area contributed by atoms with Crippen LogP contribution in [0, 0.1) is 0 Å². The van der Waals surface area contributed by atoms with Crippen molar-refractivity contribution in [2.75, 3.05) is 11.9 Å². The first kappa shape index (κ1) is 18.8. The number of hydrogen-bond acceptors (Lipinski definition) is 6. The van der Waals surface area contributed by atoms with Crippen LogP contribution in [0.3, 0.4) is 0 Å². The van der Waals surface area contributed by atoms with Crippen molar-refractivity contribution < 1.29 is 14.3 Å². The highest BCUT2D eigenvalue weighted by molar-refractivity contribution is 7.14. The maximum absolute atomic E-state index is 12.2. The van der Waals surface area contributed by atoms with Gasteiger partial charge in [-0.2, -0.15) is 5.10 Å². The van der Waals surface area contributed by atoms with Crippen molar-refractivity contribution >= 4 is 39.2 Å². The van der Waals surface area contributed by atoms with Gasteiger partial charge in [0.05, 0.1) is 11.2 Å². The highest BCUT2D eigenvalue weighted by atomic mass is 32.1. The molecule has 0 fully saturated rings. The van der Waals surface area contributed by atoms with Gasteiger partial charge < -0.3 is 4.74 Å². The minimum atomic E-state index is -0.659. The Labute approximate surface area is 170 Å². The van der Waals surface area contributed by atoms with Crippen LogP contribution in [0.25, 0.3) is 22.2 Å². The number of benzene rings is 2. The predicted molar refractivity (Wildman–Crippen MR) is 112 cm³/mol. The number of esters is 1. The van der Waals surface area contributed by atoms with E-state index in [1.807, 2.05) is 29.6 Å². The smallest absolute Gasteiger partial charge is 0.359 e. The SMILES string of the molecule is CCc1ccc(-c2csc(NC(=O)COC(=O)c3n[nH]c4ccccc34)n2)cc1. The predicted octanol–water partition coefficient (Wildman–Crippen LogP) is 4.04. The molecule has 1 amide bonds. The van der Waals surface area contributed by atoms with Gasteiger partial charge in [0.25, 0.3) is 5.91 Å². The van der Waals surface area contributed by atoms with Gasteiger partial charge in [0.2, 0.25) is 0 Å². The first-order chi connectivity index (χ1) is 14.1. The van der Waals surface area contributed by atoms with E-state index in [2.05, 4.69) is 39.6 Å². The maximum atomic E-state index is 12.2. The molecule has 2 heterocycles. The van der Waals surface area contributed by atoms with E-state index in [1.165, 1.54) is 16.9 Å². The number of carbonyl (C=O) groups is 2. The largest absolute Gasteiger partial charge is 0.451 e. The fourth-order valence-corrected chi connectivity index (χ4v) is 3.58. The molecule has 0 spiro atoms. The monoisotopic (exact) mass is 406 g/mol. The molecule has 0 radical (unpaired) electrons. The van der Waals surface area contributed by atoms with Crippen LogP contribution in [0.1, 0.15) is 23.0 Å². The number of aromatic nitrogens is 3. The Bertz CT molecular complexity index is 1160. The fourth-order valence-electron chi connectivity index (χ4n) is 2.85. The molecule has 0 saturated heterocycles. The van der Waals surface area contributed by atoms with E-state index in [9.17, 15) is 9.59 Å². The highest BCUT2D eigenvalue weighted by Gasteiger charge is 2.17. The lowest BCUT2D eigenvalue weighted by atomic mass is 10.1. The highest BCUT2D eigenvalue weighted by Crippen LogP contribution is 2.25. The molecule has 0 saturated carbocycles. The molecule has 7 nitrogen and oxygen atoms in total. The van der Waals surface area contributed by atoms with Gasteiger partial charge in [0.1, 0.15) is 0 Å². The summed E-state index contributed by atoms with van der Waals surface area (Å²) in [5.41, 5.74) is 3.90. The molecule has 2 N–H and O–H groups in total. The molecule has 4 aromatic rings. The van der Waals surface area contributed by atoms with E-state index < -0.39 is 18.5 Å². The van der Waals surface area contributed by atoms with Gasteiger partial charge >= 0.3 is 5.97 Å². The third-order valence-corrected chi connectivity index (χ3v) is 5.16. The molecule has 2 aromatic heterocycles. The van der Waals surface area contributed by atoms with Gasteiger partial charge in [-0.3, -0.25) is 15.2 Å². The van der Waals surface area contributed by atoms with Gasteiger partial charge in [-0.1, -0.05) is 49.4 Å². The van der Waals surface area contributed by atoms with Crippen molar-refractivity contribution in [1.82, 2.24) is 15.2 Å². The number of nitrogens with zero attached hydrogens (tertiary/aromatic N) is 2. The number of aromatic amines is 1. The molecule has 0 unspecified atom stereocenters. The zero-order chi connectivity index (χ0) is 20.2. The van der Waals surface area contributed by atoms with Crippen LogP contribution in [0.2, 0.25) is 0 Å². The number of fused-ring (bicyclic) bond motifs is 1. The molecular weight excluding hydrogens is 388 g/mol. The summed E-state index contributed by atoms with van der Waals surface area (Å²) in [5, 5.41) is 12.4. The number of amides is 1. The Morgan fingerprint density at radius 2 is 1.93 bits per heavy atom. The maximum Gasteiger partial charge on any atom is 0.359 e. The number of aryl methyl sites for hydroxylation is 1. The number of thiazole rings is 1. The number of anilines is 1. The summed E-state index contributed by atoms with van der Waals surface area (Å²) in [7, 11) is 0. The minimum absolute atomic E-state index is 0.153. The van der Waals surface area contributed by atoms with Gasteiger partial charge in [0.15, 0.2) is 17.4 Å². The van der Waals surface area contributed by atoms with E-state index in [4.69, 9.17) is 4.74 Å². The summed E-state index contributed by atoms with van der Waals surface area (Å²) in [4.78, 5) is 28.8. The van der Waals surface area contributed by atoms with E-state index in [-0.39, 0.29) is 5.69 Å². The molecule has 29 heavy (non-hydrogen) atoms. The van der Waals surface area contributed by atoms with Crippen molar-refractivity contribution in [3.8, 4) is 11.3 Å². The molecule has 4 rings (SSSR count). The number of H-pyrrole nitrogens is 1. The lowest BCUT2D eigenvalue weighted by Crippen LogP contribution is -2.21. The molecule has 146 valence electrons. The van der Waals surface area contributed by atoms with Crippen LogP contribution in [0.5, 0.6) is 0 Å². The molecule has 0 bridgehead atoms. The summed E-state index contributed by atoms with van der Waals surface area (Å²) < 4.78 is 5.09. The number of nitrogens with one attached hydrogen (secondary N) is 2. The number of ether oxygens (including phenoxy) is 1. The molecule has 0 aliphatic heterocycles. The molecule has 8 heteroatoms. The van der Waals surface area contributed by atoms with E-state index in [0.717, 1.165) is 23.2 Å². The molecule has 0 aliphatic rings. The molecular formula is C21H18N4O3S. The molecule has 0 aliphatic carbocycles. The number of para-hydroxylation sites is 1. The van der Waals surface area contributed by atoms with Crippen molar-refractivity contribution in [3.05, 3.63) is 65.2 Å². The normalized spacial score (nSPS) is 10.8. The first-order valence-electron chi connectivity index (χ1n) is 9.09. The van der Waals surface area contributed by atoms with Crippen LogP contribution >= 0.6 is 11.3 Å². The van der Waals surface area contributed by atoms with Crippen molar-refractivity contribution in [3.63, 3.8) is 0 Å². The lowest BCUT2D eigenvalue weighted by Gasteiger charge is -2.03. The van der Waals surface area contributed by atoms with E-state index >= 15 is 0 Å². The molecule has 2 aromatic carbocycles. The lowest BCUT2D eigenvalue weighted by molar-refractivity contribution is -0.119. The van der Waals surface area contributed by atoms with Crippen LogP contribution in [0.15, 0.2) is 53.9 Å². The second-order valence-corrected chi connectivity index (χ2v) is 7.19. The summed E-state index contributed by atoms with van der Waals surface area (Å²) in [6, 6.07) is 15.4. The number of carbonyl (C=O) groups excluding carboxylic acids is 2. The quantitative estimate of drug-likeness (QED) is 0.471. The van der Waals surface area contributed by atoms with Crippen molar-refractivity contribution in [1.29, 1.82) is 0 Å². The Morgan fingerprint density at radius 1 is 1.14 bits per heavy atom. The van der Waals surface area contributed by atoms with Crippen LogP contribution in [-0.2, 0) is 16.0 Å². The summed E-state index contributed by atoms with van der Waals surface area (Å²) >= 11 is 1.32. The third-order valence-electron chi connectivity index (χ3n) is 4.41. The van der Waals surface area contributed by atoms with Gasteiger partial charge in [-0.15, -0.1) is 11.3 Å². The summed E-state index contributed by atoms with van der Waals surface area (Å²) in [5.74, 6) is -1.12. The first-order valence-corrected chi connectivity index (χ1v) is 9.97. The second kappa shape index (κ2) is 8.24. The van der Waals surface area contributed by atoms with Gasteiger partial charge in [-0.05, 0) is 18.1 Å². The molecule has 0 atom stereocenters. The van der Waals surface area contributed by atoms with Crippen LogP contribution in [-0.4, -0.2) is 33.7 Å². The van der Waals surface area contributed by atoms with Crippen LogP contribution < -0.4 is 5.32 Å². The van der Waals surface area contributed by atoms with Gasteiger partial charge in [0, 0.05) is 16.3 Å². The van der Waals surface area contributed by atoms with Crippen molar-refractivity contribution in [2.45, 2.75) is 13.3 Å². The topological polar surface area (TPSA) is 97.0 Å². The Morgan fingerprint density at radius 3 is 2.72 bits per heavy atom. The van der Waals surface area contributed by atoms with Crippen LogP contribution in [0.4, 0.5) is 5.13 Å². The number of rotatable bonds is 6. The standard InChI is InChI=1S/C21H18N4O3S/c1-2-13-7-9-14(10-8-13)17-12-29-21(22-17)23-18(26)11-28-20(27)19-15-5-3-4-6-16(15)24-25-19/h3-10,12H,2,11H2,1H3,(H,24,25)(H,22,23,26). The Kier molecular flexibility index (Phi) is 5.35. The Balaban J connectivity index is 1.35. The van der Waals surface area contributed by atoms with Crippen molar-refractivity contribution in [2.24, 2.45) is 0 Å². The van der Waals surface area contributed by atoms with E-state index in [0.29, 0.717) is 10.5 Å². The fraction of sp³-hybridized carbons (Fsp3) is 0.143. The Hall–Kier alpha value is -3.52. The van der Waals surface area contributed by atoms with E-state index in [1.54, 1.807) is 12.1 Å². The number of hydrogen-bond donors (Lipinski definition) is 2. The summed E-state index contributed by atoms with van der Waals surface area (Å²) in [6.45, 7) is 1.69. The minimum Gasteiger partial charge on any atom is -0.451 e. The zero-order valence-electron chi connectivity index (χ0n) is 15.6. The van der Waals surface area contributed by atoms with Gasteiger partial charge in [-0.25, -0.2) is 9.78 Å². The average molecular weight is 406 g/mol.